The van der Waals surface area contributed by atoms with Crippen molar-refractivity contribution in [3.05, 3.63) is 66.6 Å². The van der Waals surface area contributed by atoms with Gasteiger partial charge in [-0.3, -0.25) is 0 Å². The number of hydrogen-bond acceptors (Lipinski definition) is 3. The maximum absolute atomic E-state index is 13.0. The second-order valence-corrected chi connectivity index (χ2v) is 8.36. The Kier molecular flexibility index (Phi) is 4.33. The van der Waals surface area contributed by atoms with Gasteiger partial charge in [0.15, 0.2) is 5.76 Å². The molecule has 1 aliphatic rings. The molecule has 1 saturated heterocycles. The lowest BCUT2D eigenvalue weighted by Crippen LogP contribution is -3.13. The smallest absolute Gasteiger partial charge is 0.243 e. The van der Waals surface area contributed by atoms with Crippen LogP contribution in [0, 0.1) is 0 Å². The van der Waals surface area contributed by atoms with E-state index in [9.17, 15) is 8.42 Å². The highest BCUT2D eigenvalue weighted by Crippen LogP contribution is 2.21. The first-order valence-electron chi connectivity index (χ1n) is 8.48. The van der Waals surface area contributed by atoms with Crippen LogP contribution in [0.15, 0.2) is 70.2 Å². The zero-order chi connectivity index (χ0) is 17.3. The molecule has 0 bridgehead atoms. The van der Waals surface area contributed by atoms with Crippen molar-refractivity contribution in [2.75, 3.05) is 26.2 Å². The van der Waals surface area contributed by atoms with E-state index in [4.69, 9.17) is 4.42 Å². The molecule has 130 valence electrons. The standard InChI is InChI=1S/C19H20N2O3S/c22-25(23,19-8-7-16-4-1-2-5-17(16)14-19)21-11-9-20(10-12-21)15-18-6-3-13-24-18/h1-8,13-14H,9-12,15H2/p+1. The number of piperazine rings is 1. The average molecular weight is 357 g/mol. The number of rotatable bonds is 4. The highest BCUT2D eigenvalue weighted by atomic mass is 32.2. The van der Waals surface area contributed by atoms with Crippen LogP contribution in [0.2, 0.25) is 0 Å². The molecule has 1 N–H and O–H groups in total. The normalized spacial score (nSPS) is 17.1. The molecule has 0 amide bonds. The van der Waals surface area contributed by atoms with E-state index in [1.165, 1.54) is 4.90 Å². The molecule has 2 heterocycles. The summed E-state index contributed by atoms with van der Waals surface area (Å²) in [6.07, 6.45) is 1.68. The molecular weight excluding hydrogens is 336 g/mol. The third-order valence-corrected chi connectivity index (χ3v) is 6.69. The van der Waals surface area contributed by atoms with E-state index in [0.29, 0.717) is 18.0 Å². The van der Waals surface area contributed by atoms with Crippen molar-refractivity contribution < 1.29 is 17.7 Å². The SMILES string of the molecule is O=S(=O)(c1ccc2ccccc2c1)N1CC[NH+](Cc2ccco2)CC1. The maximum atomic E-state index is 13.0. The van der Waals surface area contributed by atoms with Gasteiger partial charge in [-0.15, -0.1) is 0 Å². The molecule has 0 unspecified atom stereocenters. The summed E-state index contributed by atoms with van der Waals surface area (Å²) < 4.78 is 32.9. The zero-order valence-corrected chi connectivity index (χ0v) is 14.7. The van der Waals surface area contributed by atoms with Crippen LogP contribution in [0.3, 0.4) is 0 Å². The van der Waals surface area contributed by atoms with Gasteiger partial charge in [-0.25, -0.2) is 8.42 Å². The molecule has 5 nitrogen and oxygen atoms in total. The van der Waals surface area contributed by atoms with Crippen LogP contribution in [0.5, 0.6) is 0 Å². The lowest BCUT2D eigenvalue weighted by atomic mass is 10.1. The summed E-state index contributed by atoms with van der Waals surface area (Å²) in [6.45, 7) is 3.44. The molecule has 25 heavy (non-hydrogen) atoms. The van der Waals surface area contributed by atoms with Crippen molar-refractivity contribution in [1.29, 1.82) is 0 Å². The van der Waals surface area contributed by atoms with Gasteiger partial charge in [0.05, 0.1) is 37.3 Å². The van der Waals surface area contributed by atoms with E-state index >= 15 is 0 Å². The molecular formula is C19H21N2O3S+. The molecule has 2 aromatic carbocycles. The summed E-state index contributed by atoms with van der Waals surface area (Å²) in [5, 5.41) is 2.00. The number of quaternary nitrogens is 1. The molecule has 6 heteroatoms. The van der Waals surface area contributed by atoms with Gasteiger partial charge in [-0.1, -0.05) is 30.3 Å². The fourth-order valence-electron chi connectivity index (χ4n) is 3.36. The average Bonchev–Trinajstić information content (AvgIpc) is 3.15. The monoisotopic (exact) mass is 357 g/mol. The summed E-state index contributed by atoms with van der Waals surface area (Å²) in [4.78, 5) is 1.72. The summed E-state index contributed by atoms with van der Waals surface area (Å²) in [6, 6.07) is 17.0. The predicted octanol–water partition coefficient (Wildman–Crippen LogP) is 1.52. The first-order valence-corrected chi connectivity index (χ1v) is 9.92. The minimum atomic E-state index is -3.44. The third kappa shape index (κ3) is 3.33. The minimum absolute atomic E-state index is 0.376. The molecule has 0 atom stereocenters. The highest BCUT2D eigenvalue weighted by molar-refractivity contribution is 7.89. The molecule has 3 aromatic rings. The maximum Gasteiger partial charge on any atom is 0.243 e. The molecule has 1 aliphatic heterocycles. The molecule has 1 fully saturated rings. The number of sulfonamides is 1. The lowest BCUT2D eigenvalue weighted by molar-refractivity contribution is -0.918. The second kappa shape index (κ2) is 6.63. The van der Waals surface area contributed by atoms with Gasteiger partial charge < -0.3 is 9.32 Å². The predicted molar refractivity (Wildman–Crippen MR) is 95.8 cm³/mol. The van der Waals surface area contributed by atoms with Gasteiger partial charge in [-0.05, 0) is 35.0 Å². The van der Waals surface area contributed by atoms with Crippen molar-refractivity contribution in [3.8, 4) is 0 Å². The van der Waals surface area contributed by atoms with Crippen molar-refractivity contribution in [2.45, 2.75) is 11.4 Å². The minimum Gasteiger partial charge on any atom is -0.463 e. The fourth-order valence-corrected chi connectivity index (χ4v) is 4.83. The number of hydrogen-bond donors (Lipinski definition) is 1. The van der Waals surface area contributed by atoms with Crippen LogP contribution in [0.1, 0.15) is 5.76 Å². The lowest BCUT2D eigenvalue weighted by Gasteiger charge is -2.31. The van der Waals surface area contributed by atoms with E-state index < -0.39 is 10.0 Å². The van der Waals surface area contributed by atoms with Gasteiger partial charge in [0.2, 0.25) is 10.0 Å². The Labute approximate surface area is 147 Å². The van der Waals surface area contributed by atoms with Crippen LogP contribution in [0.4, 0.5) is 0 Å². The Morgan fingerprint density at radius 2 is 1.72 bits per heavy atom. The van der Waals surface area contributed by atoms with E-state index in [-0.39, 0.29) is 0 Å². The van der Waals surface area contributed by atoms with Gasteiger partial charge in [0.25, 0.3) is 0 Å². The number of nitrogens with one attached hydrogen (secondary N) is 1. The van der Waals surface area contributed by atoms with E-state index in [2.05, 4.69) is 0 Å². The Morgan fingerprint density at radius 3 is 2.44 bits per heavy atom. The van der Waals surface area contributed by atoms with Crippen LogP contribution in [-0.2, 0) is 16.6 Å². The van der Waals surface area contributed by atoms with Crippen molar-refractivity contribution in [1.82, 2.24) is 4.31 Å². The number of nitrogens with zero attached hydrogens (tertiary/aromatic N) is 1. The summed E-state index contributed by atoms with van der Waals surface area (Å²) in [5.41, 5.74) is 0. The van der Waals surface area contributed by atoms with Crippen LogP contribution in [-0.4, -0.2) is 38.9 Å². The Hall–Kier alpha value is -2.15. The number of fused-ring (bicyclic) bond motifs is 1. The van der Waals surface area contributed by atoms with Crippen molar-refractivity contribution >= 4 is 20.8 Å². The third-order valence-electron chi connectivity index (χ3n) is 4.79. The second-order valence-electron chi connectivity index (χ2n) is 6.42. The summed E-state index contributed by atoms with van der Waals surface area (Å²) in [7, 11) is -3.44. The topological polar surface area (TPSA) is 55.0 Å². The molecule has 0 radical (unpaired) electrons. The Bertz CT molecular complexity index is 959. The van der Waals surface area contributed by atoms with Crippen LogP contribution >= 0.6 is 0 Å². The van der Waals surface area contributed by atoms with Gasteiger partial charge in [0, 0.05) is 0 Å². The zero-order valence-electron chi connectivity index (χ0n) is 13.9. The van der Waals surface area contributed by atoms with E-state index in [1.54, 1.807) is 22.7 Å². The molecule has 0 spiro atoms. The number of furan rings is 1. The van der Waals surface area contributed by atoms with E-state index in [1.807, 2.05) is 42.5 Å². The van der Waals surface area contributed by atoms with Gasteiger partial charge >= 0.3 is 0 Å². The Morgan fingerprint density at radius 1 is 0.960 bits per heavy atom. The first-order chi connectivity index (χ1) is 12.1. The molecule has 0 aliphatic carbocycles. The van der Waals surface area contributed by atoms with E-state index in [0.717, 1.165) is 36.2 Å². The van der Waals surface area contributed by atoms with Gasteiger partial charge in [0.1, 0.15) is 6.54 Å². The molecule has 1 aromatic heterocycles. The fraction of sp³-hybridized carbons (Fsp3) is 0.263. The molecule has 4 rings (SSSR count). The first kappa shape index (κ1) is 16.3. The van der Waals surface area contributed by atoms with Crippen LogP contribution < -0.4 is 4.90 Å². The van der Waals surface area contributed by atoms with Crippen molar-refractivity contribution in [2.24, 2.45) is 0 Å². The van der Waals surface area contributed by atoms with Crippen LogP contribution in [0.25, 0.3) is 10.8 Å². The van der Waals surface area contributed by atoms with Gasteiger partial charge in [-0.2, -0.15) is 4.31 Å². The summed E-state index contributed by atoms with van der Waals surface area (Å²) in [5.74, 6) is 0.945. The molecule has 0 saturated carbocycles. The number of benzene rings is 2. The quantitative estimate of drug-likeness (QED) is 0.770. The summed E-state index contributed by atoms with van der Waals surface area (Å²) >= 11 is 0. The highest BCUT2D eigenvalue weighted by Gasteiger charge is 2.30. The van der Waals surface area contributed by atoms with Crippen molar-refractivity contribution in [3.63, 3.8) is 0 Å². The Balaban J connectivity index is 1.49. The largest absolute Gasteiger partial charge is 0.463 e.